The molecule has 1 aromatic heterocycles. The lowest BCUT2D eigenvalue weighted by molar-refractivity contribution is 0.386. The van der Waals surface area contributed by atoms with Crippen molar-refractivity contribution >= 4 is 11.6 Å². The van der Waals surface area contributed by atoms with Gasteiger partial charge >= 0.3 is 0 Å². The molecular weight excluding hydrogens is 243 g/mol. The summed E-state index contributed by atoms with van der Waals surface area (Å²) >= 11 is 5.76. The van der Waals surface area contributed by atoms with E-state index in [1.165, 1.54) is 13.2 Å². The average molecular weight is 255 g/mol. The Kier molecular flexibility index (Phi) is 3.33. The van der Waals surface area contributed by atoms with Crippen LogP contribution in [0.1, 0.15) is 5.69 Å². The van der Waals surface area contributed by atoms with Crippen LogP contribution >= 0.6 is 11.6 Å². The third-order valence-electron chi connectivity index (χ3n) is 2.63. The van der Waals surface area contributed by atoms with Crippen molar-refractivity contribution in [3.8, 4) is 17.1 Å². The number of alkyl halides is 1. The monoisotopic (exact) mass is 254 g/mol. The van der Waals surface area contributed by atoms with Gasteiger partial charge in [0.2, 0.25) is 0 Å². The quantitative estimate of drug-likeness (QED) is 0.788. The molecule has 0 N–H and O–H groups in total. The summed E-state index contributed by atoms with van der Waals surface area (Å²) in [5.41, 5.74) is 1.58. The highest BCUT2D eigenvalue weighted by atomic mass is 35.5. The minimum Gasteiger partial charge on any atom is -0.494 e. The number of rotatable bonds is 3. The number of hydrogen-bond acceptors (Lipinski definition) is 2. The topological polar surface area (TPSA) is 27.1 Å². The summed E-state index contributed by atoms with van der Waals surface area (Å²) in [6.07, 6.45) is 1.68. The number of nitrogens with zero attached hydrogens (tertiary/aromatic N) is 2. The first-order valence-electron chi connectivity index (χ1n) is 5.08. The zero-order chi connectivity index (χ0) is 12.4. The molecule has 0 aliphatic carbocycles. The van der Waals surface area contributed by atoms with Crippen molar-refractivity contribution < 1.29 is 9.13 Å². The minimum absolute atomic E-state index is 0.223. The number of ether oxygens (including phenoxy) is 1. The molecule has 2 rings (SSSR count). The van der Waals surface area contributed by atoms with Gasteiger partial charge in [0.25, 0.3) is 0 Å². The third kappa shape index (κ3) is 2.13. The summed E-state index contributed by atoms with van der Waals surface area (Å²) < 4.78 is 20.3. The maximum atomic E-state index is 13.6. The largest absolute Gasteiger partial charge is 0.494 e. The Labute approximate surface area is 104 Å². The molecule has 17 heavy (non-hydrogen) atoms. The van der Waals surface area contributed by atoms with Gasteiger partial charge in [-0.05, 0) is 18.2 Å². The van der Waals surface area contributed by atoms with Crippen LogP contribution in [0.3, 0.4) is 0 Å². The van der Waals surface area contributed by atoms with Crippen molar-refractivity contribution in [2.75, 3.05) is 7.11 Å². The summed E-state index contributed by atoms with van der Waals surface area (Å²) in [6, 6.07) is 4.75. The predicted octanol–water partition coefficient (Wildman–Crippen LogP) is 2.97. The van der Waals surface area contributed by atoms with E-state index in [4.69, 9.17) is 16.3 Å². The number of benzene rings is 1. The molecule has 0 unspecified atom stereocenters. The van der Waals surface area contributed by atoms with Gasteiger partial charge in [-0.25, -0.2) is 9.37 Å². The summed E-state index contributed by atoms with van der Waals surface area (Å²) in [6.45, 7) is 0. The van der Waals surface area contributed by atoms with E-state index in [0.29, 0.717) is 17.3 Å². The molecule has 1 aromatic carbocycles. The number of methoxy groups -OCH3 is 1. The maximum absolute atomic E-state index is 13.6. The molecule has 0 fully saturated rings. The standard InChI is InChI=1S/C12H12ClFN2O/c1-16-9(6-13)7-15-12(16)8-3-4-11(17-2)10(14)5-8/h3-5,7H,6H2,1-2H3. The third-order valence-corrected chi connectivity index (χ3v) is 2.91. The Bertz CT molecular complexity index is 539. The van der Waals surface area contributed by atoms with Gasteiger partial charge in [0, 0.05) is 12.6 Å². The van der Waals surface area contributed by atoms with Crippen LogP contribution in [0.25, 0.3) is 11.4 Å². The summed E-state index contributed by atoms with van der Waals surface area (Å²) in [4.78, 5) is 4.22. The van der Waals surface area contributed by atoms with E-state index in [2.05, 4.69) is 4.98 Å². The average Bonchev–Trinajstić information content (AvgIpc) is 2.70. The molecule has 0 amide bonds. The fourth-order valence-electron chi connectivity index (χ4n) is 1.64. The van der Waals surface area contributed by atoms with Crippen molar-refractivity contribution in [3.05, 3.63) is 35.9 Å². The SMILES string of the molecule is COc1ccc(-c2ncc(CCl)n2C)cc1F. The van der Waals surface area contributed by atoms with E-state index in [0.717, 1.165) is 5.69 Å². The number of imidazole rings is 1. The van der Waals surface area contributed by atoms with Crippen LogP contribution in [0.5, 0.6) is 5.75 Å². The second-order valence-corrected chi connectivity index (χ2v) is 3.88. The predicted molar refractivity (Wildman–Crippen MR) is 64.7 cm³/mol. The molecule has 5 heteroatoms. The zero-order valence-electron chi connectivity index (χ0n) is 9.58. The normalized spacial score (nSPS) is 10.6. The first-order chi connectivity index (χ1) is 8.17. The smallest absolute Gasteiger partial charge is 0.165 e. The zero-order valence-corrected chi connectivity index (χ0v) is 10.3. The van der Waals surface area contributed by atoms with E-state index in [1.807, 2.05) is 11.6 Å². The fraction of sp³-hybridized carbons (Fsp3) is 0.250. The van der Waals surface area contributed by atoms with Gasteiger partial charge in [0.1, 0.15) is 5.82 Å². The van der Waals surface area contributed by atoms with Crippen LogP contribution in [0.15, 0.2) is 24.4 Å². The molecule has 0 saturated carbocycles. The Balaban J connectivity index is 2.46. The molecule has 0 aliphatic heterocycles. The van der Waals surface area contributed by atoms with Gasteiger partial charge in [-0.2, -0.15) is 0 Å². The van der Waals surface area contributed by atoms with Crippen LogP contribution in [0.4, 0.5) is 4.39 Å². The minimum atomic E-state index is -0.402. The van der Waals surface area contributed by atoms with Gasteiger partial charge in [0.05, 0.1) is 24.9 Å². The summed E-state index contributed by atoms with van der Waals surface area (Å²) in [5.74, 6) is 0.880. The lowest BCUT2D eigenvalue weighted by Gasteiger charge is -2.06. The van der Waals surface area contributed by atoms with E-state index < -0.39 is 5.82 Å². The lowest BCUT2D eigenvalue weighted by atomic mass is 10.2. The van der Waals surface area contributed by atoms with E-state index in [9.17, 15) is 4.39 Å². The molecule has 2 aromatic rings. The van der Waals surface area contributed by atoms with Gasteiger partial charge in [0.15, 0.2) is 11.6 Å². The first kappa shape index (κ1) is 11.9. The van der Waals surface area contributed by atoms with Crippen molar-refractivity contribution in [1.29, 1.82) is 0 Å². The number of hydrogen-bond donors (Lipinski definition) is 0. The Morgan fingerprint density at radius 1 is 1.47 bits per heavy atom. The Morgan fingerprint density at radius 2 is 2.24 bits per heavy atom. The maximum Gasteiger partial charge on any atom is 0.165 e. The highest BCUT2D eigenvalue weighted by Gasteiger charge is 2.10. The lowest BCUT2D eigenvalue weighted by Crippen LogP contribution is -1.97. The highest BCUT2D eigenvalue weighted by Crippen LogP contribution is 2.25. The van der Waals surface area contributed by atoms with Crippen molar-refractivity contribution in [2.24, 2.45) is 7.05 Å². The van der Waals surface area contributed by atoms with Crippen LogP contribution in [0, 0.1) is 5.82 Å². The Hall–Kier alpha value is -1.55. The molecule has 0 atom stereocenters. The number of aromatic nitrogens is 2. The van der Waals surface area contributed by atoms with E-state index in [1.54, 1.807) is 18.3 Å². The fourth-order valence-corrected chi connectivity index (χ4v) is 1.89. The molecule has 0 bridgehead atoms. The summed E-state index contributed by atoms with van der Waals surface area (Å²) in [5, 5.41) is 0. The van der Waals surface area contributed by atoms with Crippen LogP contribution < -0.4 is 4.74 Å². The van der Waals surface area contributed by atoms with Gasteiger partial charge in [-0.15, -0.1) is 11.6 Å². The highest BCUT2D eigenvalue weighted by molar-refractivity contribution is 6.16. The van der Waals surface area contributed by atoms with Crippen LogP contribution in [0.2, 0.25) is 0 Å². The second-order valence-electron chi connectivity index (χ2n) is 3.62. The number of halogens is 2. The van der Waals surface area contributed by atoms with Crippen LogP contribution in [-0.2, 0) is 12.9 Å². The van der Waals surface area contributed by atoms with Crippen molar-refractivity contribution in [1.82, 2.24) is 9.55 Å². The Morgan fingerprint density at radius 3 is 2.76 bits per heavy atom. The summed E-state index contributed by atoms with van der Waals surface area (Å²) in [7, 11) is 3.28. The molecule has 1 heterocycles. The molecule has 0 radical (unpaired) electrons. The molecule has 0 saturated heterocycles. The molecular formula is C12H12ClFN2O. The van der Waals surface area contributed by atoms with Gasteiger partial charge in [-0.1, -0.05) is 0 Å². The van der Waals surface area contributed by atoms with Gasteiger partial charge in [-0.3, -0.25) is 0 Å². The molecule has 0 spiro atoms. The van der Waals surface area contributed by atoms with Gasteiger partial charge < -0.3 is 9.30 Å². The molecule has 3 nitrogen and oxygen atoms in total. The van der Waals surface area contributed by atoms with Crippen LogP contribution in [-0.4, -0.2) is 16.7 Å². The first-order valence-corrected chi connectivity index (χ1v) is 5.61. The van der Waals surface area contributed by atoms with E-state index in [-0.39, 0.29) is 5.75 Å². The van der Waals surface area contributed by atoms with Crippen molar-refractivity contribution in [2.45, 2.75) is 5.88 Å². The second kappa shape index (κ2) is 4.75. The molecule has 0 aliphatic rings. The molecule has 90 valence electrons. The van der Waals surface area contributed by atoms with E-state index >= 15 is 0 Å². The van der Waals surface area contributed by atoms with Crippen molar-refractivity contribution in [3.63, 3.8) is 0 Å².